The maximum absolute atomic E-state index is 11.8. The quantitative estimate of drug-likeness (QED) is 0.483. The van der Waals surface area contributed by atoms with Crippen LogP contribution in [0, 0.1) is 13.8 Å². The standard InChI is InChI=1S/C21H32N6O/c1-6-9-20(28)25-18-11-8-10-17(12-18)13-23-21(22-7-2)24-14-19-15(3)26-27(5)16(19)4/h8,10-12H,6-7,9,13-14H2,1-5H3,(H,25,28)(H2,22,23,24). The predicted molar refractivity (Wildman–Crippen MR) is 114 cm³/mol. The molecule has 0 bridgehead atoms. The number of benzene rings is 1. The Balaban J connectivity index is 2.03. The lowest BCUT2D eigenvalue weighted by atomic mass is 10.2. The van der Waals surface area contributed by atoms with E-state index in [0.29, 0.717) is 19.5 Å². The Bertz CT molecular complexity index is 824. The molecular formula is C21H32N6O. The average Bonchev–Trinajstić information content (AvgIpc) is 2.90. The summed E-state index contributed by atoms with van der Waals surface area (Å²) in [5.74, 6) is 0.797. The number of amides is 1. The second kappa shape index (κ2) is 10.5. The van der Waals surface area contributed by atoms with Gasteiger partial charge in [0, 0.05) is 43.5 Å². The fraction of sp³-hybridized carbons (Fsp3) is 0.476. The molecule has 1 heterocycles. The lowest BCUT2D eigenvalue weighted by molar-refractivity contribution is -0.116. The molecule has 3 N–H and O–H groups in total. The highest BCUT2D eigenvalue weighted by Crippen LogP contribution is 2.13. The third-order valence-electron chi connectivity index (χ3n) is 4.54. The van der Waals surface area contributed by atoms with Crippen molar-refractivity contribution >= 4 is 17.6 Å². The fourth-order valence-electron chi connectivity index (χ4n) is 2.96. The third-order valence-corrected chi connectivity index (χ3v) is 4.54. The lowest BCUT2D eigenvalue weighted by Crippen LogP contribution is -2.37. The van der Waals surface area contributed by atoms with Gasteiger partial charge in [0.25, 0.3) is 0 Å². The topological polar surface area (TPSA) is 83.3 Å². The van der Waals surface area contributed by atoms with Crippen LogP contribution in [0.25, 0.3) is 0 Å². The minimum atomic E-state index is 0.0420. The minimum Gasteiger partial charge on any atom is -0.357 e. The number of anilines is 1. The number of hydrogen-bond donors (Lipinski definition) is 3. The van der Waals surface area contributed by atoms with Crippen molar-refractivity contribution in [1.29, 1.82) is 0 Å². The molecule has 0 spiro atoms. The molecule has 2 aromatic rings. The maximum Gasteiger partial charge on any atom is 0.224 e. The summed E-state index contributed by atoms with van der Waals surface area (Å²) >= 11 is 0. The van der Waals surface area contributed by atoms with E-state index in [1.54, 1.807) is 0 Å². The van der Waals surface area contributed by atoms with Gasteiger partial charge in [-0.05, 0) is 44.9 Å². The van der Waals surface area contributed by atoms with E-state index in [1.807, 2.05) is 56.8 Å². The smallest absolute Gasteiger partial charge is 0.224 e. The number of hydrogen-bond acceptors (Lipinski definition) is 3. The average molecular weight is 385 g/mol. The first-order valence-corrected chi connectivity index (χ1v) is 9.84. The lowest BCUT2D eigenvalue weighted by Gasteiger charge is -2.12. The molecule has 0 saturated carbocycles. The Morgan fingerprint density at radius 2 is 2.00 bits per heavy atom. The molecule has 7 heteroatoms. The number of aromatic nitrogens is 2. The molecule has 1 aromatic carbocycles. The van der Waals surface area contributed by atoms with Crippen LogP contribution >= 0.6 is 0 Å². The van der Waals surface area contributed by atoms with Crippen LogP contribution in [0.3, 0.4) is 0 Å². The third kappa shape index (κ3) is 6.11. The van der Waals surface area contributed by atoms with Crippen LogP contribution in [0.5, 0.6) is 0 Å². The van der Waals surface area contributed by atoms with E-state index in [1.165, 1.54) is 5.56 Å². The molecule has 28 heavy (non-hydrogen) atoms. The summed E-state index contributed by atoms with van der Waals surface area (Å²) in [5.41, 5.74) is 5.22. The zero-order valence-corrected chi connectivity index (χ0v) is 17.6. The van der Waals surface area contributed by atoms with Gasteiger partial charge in [0.15, 0.2) is 5.96 Å². The van der Waals surface area contributed by atoms with Crippen molar-refractivity contribution in [2.24, 2.45) is 12.0 Å². The molecular weight excluding hydrogens is 352 g/mol. The monoisotopic (exact) mass is 384 g/mol. The van der Waals surface area contributed by atoms with Gasteiger partial charge in [0.05, 0.1) is 12.2 Å². The van der Waals surface area contributed by atoms with Gasteiger partial charge in [-0.15, -0.1) is 0 Å². The van der Waals surface area contributed by atoms with Crippen LogP contribution in [0.1, 0.15) is 49.2 Å². The molecule has 1 aromatic heterocycles. The van der Waals surface area contributed by atoms with Crippen molar-refractivity contribution in [1.82, 2.24) is 20.4 Å². The first-order valence-electron chi connectivity index (χ1n) is 9.84. The first-order chi connectivity index (χ1) is 13.4. The Hall–Kier alpha value is -2.83. The van der Waals surface area contributed by atoms with E-state index >= 15 is 0 Å². The Kier molecular flexibility index (Phi) is 8.04. The first kappa shape index (κ1) is 21.5. The van der Waals surface area contributed by atoms with Gasteiger partial charge in [-0.1, -0.05) is 19.1 Å². The van der Waals surface area contributed by atoms with Crippen molar-refractivity contribution < 1.29 is 4.79 Å². The normalized spacial score (nSPS) is 11.4. The number of guanidine groups is 1. The molecule has 1 amide bonds. The van der Waals surface area contributed by atoms with E-state index in [2.05, 4.69) is 33.0 Å². The molecule has 0 saturated heterocycles. The molecule has 0 fully saturated rings. The number of carbonyl (C=O) groups is 1. The Morgan fingerprint density at radius 3 is 2.64 bits per heavy atom. The van der Waals surface area contributed by atoms with E-state index in [-0.39, 0.29) is 5.91 Å². The summed E-state index contributed by atoms with van der Waals surface area (Å²) in [6.07, 6.45) is 1.37. The van der Waals surface area contributed by atoms with E-state index in [9.17, 15) is 4.79 Å². The summed E-state index contributed by atoms with van der Waals surface area (Å²) in [6.45, 7) is 10.1. The SMILES string of the molecule is CCCC(=O)Nc1cccc(CN=C(NCC)NCc2c(C)nn(C)c2C)c1. The molecule has 0 radical (unpaired) electrons. The highest BCUT2D eigenvalue weighted by molar-refractivity contribution is 5.90. The van der Waals surface area contributed by atoms with E-state index < -0.39 is 0 Å². The van der Waals surface area contributed by atoms with Gasteiger partial charge >= 0.3 is 0 Å². The molecule has 0 aliphatic rings. The Labute approximate surface area is 167 Å². The molecule has 0 unspecified atom stereocenters. The van der Waals surface area contributed by atoms with Gasteiger partial charge in [-0.3, -0.25) is 9.48 Å². The van der Waals surface area contributed by atoms with Crippen LogP contribution in [0.4, 0.5) is 5.69 Å². The largest absolute Gasteiger partial charge is 0.357 e. The van der Waals surface area contributed by atoms with Crippen molar-refractivity contribution in [3.05, 3.63) is 46.8 Å². The van der Waals surface area contributed by atoms with Crippen LogP contribution in [0.15, 0.2) is 29.3 Å². The minimum absolute atomic E-state index is 0.0420. The number of nitrogens with zero attached hydrogens (tertiary/aromatic N) is 3. The van der Waals surface area contributed by atoms with Crippen molar-refractivity contribution in [3.8, 4) is 0 Å². The van der Waals surface area contributed by atoms with Gasteiger partial charge in [-0.2, -0.15) is 5.10 Å². The predicted octanol–water partition coefficient (Wildman–Crippen LogP) is 3.03. The summed E-state index contributed by atoms with van der Waals surface area (Å²) in [7, 11) is 1.96. The summed E-state index contributed by atoms with van der Waals surface area (Å²) in [4.78, 5) is 16.5. The second-order valence-corrected chi connectivity index (χ2v) is 6.82. The zero-order valence-electron chi connectivity index (χ0n) is 17.6. The van der Waals surface area contributed by atoms with Gasteiger partial charge in [0.2, 0.25) is 5.91 Å². The van der Waals surface area contributed by atoms with Gasteiger partial charge in [0.1, 0.15) is 0 Å². The number of aliphatic imine (C=N–C) groups is 1. The molecule has 2 rings (SSSR count). The van der Waals surface area contributed by atoms with Crippen LogP contribution in [-0.4, -0.2) is 28.2 Å². The number of nitrogens with one attached hydrogen (secondary N) is 3. The molecule has 0 aliphatic carbocycles. The number of carbonyl (C=O) groups excluding carboxylic acids is 1. The van der Waals surface area contributed by atoms with Gasteiger partial charge < -0.3 is 16.0 Å². The number of rotatable bonds is 8. The molecule has 0 atom stereocenters. The van der Waals surface area contributed by atoms with Crippen molar-refractivity contribution in [3.63, 3.8) is 0 Å². The summed E-state index contributed by atoms with van der Waals surface area (Å²) < 4.78 is 1.90. The van der Waals surface area contributed by atoms with Crippen molar-refractivity contribution in [2.75, 3.05) is 11.9 Å². The van der Waals surface area contributed by atoms with Crippen LogP contribution < -0.4 is 16.0 Å². The maximum atomic E-state index is 11.8. The van der Waals surface area contributed by atoms with Crippen molar-refractivity contribution in [2.45, 2.75) is 53.6 Å². The van der Waals surface area contributed by atoms with E-state index in [0.717, 1.165) is 41.6 Å². The van der Waals surface area contributed by atoms with Crippen LogP contribution in [0.2, 0.25) is 0 Å². The summed E-state index contributed by atoms with van der Waals surface area (Å²) in [6, 6.07) is 7.82. The fourth-order valence-corrected chi connectivity index (χ4v) is 2.96. The highest BCUT2D eigenvalue weighted by Gasteiger charge is 2.09. The van der Waals surface area contributed by atoms with E-state index in [4.69, 9.17) is 0 Å². The molecule has 7 nitrogen and oxygen atoms in total. The second-order valence-electron chi connectivity index (χ2n) is 6.82. The number of aryl methyl sites for hydroxylation is 2. The van der Waals surface area contributed by atoms with Gasteiger partial charge in [-0.25, -0.2) is 4.99 Å². The zero-order chi connectivity index (χ0) is 20.5. The molecule has 0 aliphatic heterocycles. The summed E-state index contributed by atoms with van der Waals surface area (Å²) in [5, 5.41) is 14.0. The molecule has 152 valence electrons. The Morgan fingerprint density at radius 1 is 1.21 bits per heavy atom. The van der Waals surface area contributed by atoms with Crippen LogP contribution in [-0.2, 0) is 24.9 Å². The highest BCUT2D eigenvalue weighted by atomic mass is 16.1.